The first-order valence-corrected chi connectivity index (χ1v) is 10.9. The molecule has 1 atom stereocenters. The molecule has 0 bridgehead atoms. The number of aryl methyl sites for hydroxylation is 2. The van der Waals surface area contributed by atoms with Crippen LogP contribution in [0.2, 0.25) is 0 Å². The van der Waals surface area contributed by atoms with E-state index in [1.165, 1.54) is 17.2 Å². The second kappa shape index (κ2) is 7.89. The second-order valence-corrected chi connectivity index (χ2v) is 8.22. The van der Waals surface area contributed by atoms with Crippen molar-refractivity contribution < 1.29 is 9.50 Å². The van der Waals surface area contributed by atoms with Gasteiger partial charge >= 0.3 is 0 Å². The van der Waals surface area contributed by atoms with Gasteiger partial charge in [0.2, 0.25) is 0 Å². The fourth-order valence-electron chi connectivity index (χ4n) is 4.65. The Hall–Kier alpha value is -3.06. The van der Waals surface area contributed by atoms with Gasteiger partial charge in [0.25, 0.3) is 5.78 Å². The van der Waals surface area contributed by atoms with Gasteiger partial charge in [0, 0.05) is 12.2 Å². The van der Waals surface area contributed by atoms with Crippen LogP contribution in [0.4, 0.5) is 15.9 Å². The number of halogens is 1. The summed E-state index contributed by atoms with van der Waals surface area (Å²) < 4.78 is 16.9. The Morgan fingerprint density at radius 1 is 1.16 bits per heavy atom. The van der Waals surface area contributed by atoms with Gasteiger partial charge in [-0.15, -0.1) is 10.2 Å². The number of anilines is 2. The lowest BCUT2D eigenvalue weighted by Gasteiger charge is -2.32. The van der Waals surface area contributed by atoms with Crippen LogP contribution < -0.4 is 4.90 Å². The third-order valence-corrected chi connectivity index (χ3v) is 6.29. The van der Waals surface area contributed by atoms with Gasteiger partial charge in [0.1, 0.15) is 17.5 Å². The number of hydrogen-bond acceptors (Lipinski definition) is 5. The highest BCUT2D eigenvalue weighted by Gasteiger charge is 2.26. The highest BCUT2D eigenvalue weighted by molar-refractivity contribution is 5.94. The van der Waals surface area contributed by atoms with Crippen molar-refractivity contribution in [2.24, 2.45) is 0 Å². The minimum absolute atomic E-state index is 0.283. The fraction of sp³-hybridized carbons (Fsp3) is 0.375. The number of nitrogens with zero attached hydrogens (tertiary/aromatic N) is 5. The smallest absolute Gasteiger partial charge is 0.257 e. The van der Waals surface area contributed by atoms with E-state index >= 15 is 4.39 Å². The third-order valence-electron chi connectivity index (χ3n) is 6.29. The summed E-state index contributed by atoms with van der Waals surface area (Å²) in [7, 11) is 0. The van der Waals surface area contributed by atoms with Crippen LogP contribution in [0, 0.1) is 12.7 Å². The molecule has 0 spiro atoms. The van der Waals surface area contributed by atoms with Crippen molar-refractivity contribution in [2.75, 3.05) is 11.4 Å². The van der Waals surface area contributed by atoms with Gasteiger partial charge in [-0.1, -0.05) is 25.1 Å². The van der Waals surface area contributed by atoms with Gasteiger partial charge in [0.15, 0.2) is 0 Å². The molecule has 1 unspecified atom stereocenters. The molecule has 0 radical (unpaired) electrons. The number of fused-ring (bicyclic) bond motifs is 4. The molecule has 1 N–H and O–H groups in total. The minimum Gasteiger partial charge on any atom is -0.393 e. The minimum atomic E-state index is -0.302. The van der Waals surface area contributed by atoms with Crippen molar-refractivity contribution in [2.45, 2.75) is 52.1 Å². The zero-order valence-corrected chi connectivity index (χ0v) is 17.8. The molecule has 0 amide bonds. The largest absolute Gasteiger partial charge is 0.393 e. The molecule has 160 valence electrons. The molecule has 7 heteroatoms. The van der Waals surface area contributed by atoms with Crippen LogP contribution in [-0.4, -0.2) is 37.3 Å². The maximum Gasteiger partial charge on any atom is 0.257 e. The monoisotopic (exact) mass is 419 g/mol. The Labute approximate surface area is 180 Å². The van der Waals surface area contributed by atoms with E-state index in [0.29, 0.717) is 22.8 Å². The van der Waals surface area contributed by atoms with Crippen LogP contribution in [0.15, 0.2) is 36.4 Å². The van der Waals surface area contributed by atoms with Gasteiger partial charge in [0.05, 0.1) is 17.0 Å². The molecule has 0 saturated heterocycles. The summed E-state index contributed by atoms with van der Waals surface area (Å²) in [4.78, 5) is 6.88. The Balaban J connectivity index is 1.67. The molecule has 0 saturated carbocycles. The van der Waals surface area contributed by atoms with Crippen LogP contribution >= 0.6 is 0 Å². The highest BCUT2D eigenvalue weighted by atomic mass is 19.1. The molecule has 5 rings (SSSR count). The van der Waals surface area contributed by atoms with Crippen molar-refractivity contribution >= 4 is 28.2 Å². The van der Waals surface area contributed by atoms with E-state index in [0.717, 1.165) is 49.9 Å². The first-order valence-electron chi connectivity index (χ1n) is 10.9. The first kappa shape index (κ1) is 19.9. The number of aliphatic hydroxyl groups excluding tert-OH is 1. The average Bonchev–Trinajstić information content (AvgIpc) is 3.17. The quantitative estimate of drug-likeness (QED) is 0.515. The lowest BCUT2D eigenvalue weighted by Crippen LogP contribution is -2.27. The lowest BCUT2D eigenvalue weighted by molar-refractivity contribution is 0.160. The molecule has 1 aliphatic rings. The summed E-state index contributed by atoms with van der Waals surface area (Å²) in [6, 6.07) is 11.3. The zero-order valence-electron chi connectivity index (χ0n) is 17.8. The number of aliphatic hydroxyl groups is 1. The average molecular weight is 420 g/mol. The highest BCUT2D eigenvalue weighted by Crippen LogP contribution is 2.39. The molecular formula is C24H26FN5O. The predicted octanol–water partition coefficient (Wildman–Crippen LogP) is 4.51. The van der Waals surface area contributed by atoms with Gasteiger partial charge in [-0.3, -0.25) is 4.40 Å². The van der Waals surface area contributed by atoms with Crippen LogP contribution in [0.25, 0.3) is 16.7 Å². The van der Waals surface area contributed by atoms with Crippen molar-refractivity contribution in [1.29, 1.82) is 0 Å². The van der Waals surface area contributed by atoms with Crippen LogP contribution in [-0.2, 0) is 12.8 Å². The van der Waals surface area contributed by atoms with Gasteiger partial charge in [-0.2, -0.15) is 4.98 Å². The van der Waals surface area contributed by atoms with Gasteiger partial charge in [-0.25, -0.2) is 4.39 Å². The maximum atomic E-state index is 15.1. The van der Waals surface area contributed by atoms with E-state index in [9.17, 15) is 5.11 Å². The summed E-state index contributed by atoms with van der Waals surface area (Å²) in [6.45, 7) is 4.60. The first-order chi connectivity index (χ1) is 15.1. The maximum absolute atomic E-state index is 15.1. The Kier molecular flexibility index (Phi) is 5.06. The van der Waals surface area contributed by atoms with E-state index in [4.69, 9.17) is 4.98 Å². The molecule has 2 aromatic carbocycles. The van der Waals surface area contributed by atoms with Gasteiger partial charge < -0.3 is 10.0 Å². The second-order valence-electron chi connectivity index (χ2n) is 8.22. The van der Waals surface area contributed by atoms with Crippen molar-refractivity contribution in [3.8, 4) is 0 Å². The van der Waals surface area contributed by atoms with E-state index in [2.05, 4.69) is 27.2 Å². The summed E-state index contributed by atoms with van der Waals surface area (Å²) in [5.74, 6) is 1.43. The van der Waals surface area contributed by atoms with Crippen LogP contribution in [0.3, 0.4) is 0 Å². The molecule has 3 heterocycles. The fourth-order valence-corrected chi connectivity index (χ4v) is 4.65. The molecule has 0 fully saturated rings. The molecule has 4 aromatic rings. The molecule has 0 aliphatic carbocycles. The summed E-state index contributed by atoms with van der Waals surface area (Å²) in [5, 5.41) is 18.9. The number of aromatic nitrogens is 4. The number of benzene rings is 2. The van der Waals surface area contributed by atoms with E-state index in [-0.39, 0.29) is 11.9 Å². The molecule has 2 aromatic heterocycles. The SMILES string of the molecule is CCC(O)CCc1cccc2c1CCCN2c1nc2nnc(C)n2c2cccc(F)c12. The predicted molar refractivity (Wildman–Crippen MR) is 119 cm³/mol. The van der Waals surface area contributed by atoms with Crippen LogP contribution in [0.1, 0.15) is 43.1 Å². The Bertz CT molecular complexity index is 1270. The summed E-state index contributed by atoms with van der Waals surface area (Å²) in [6.07, 6.45) is 3.97. The van der Waals surface area contributed by atoms with E-state index in [1.54, 1.807) is 10.5 Å². The molecule has 31 heavy (non-hydrogen) atoms. The van der Waals surface area contributed by atoms with Crippen LogP contribution in [0.5, 0.6) is 0 Å². The van der Waals surface area contributed by atoms with E-state index in [1.807, 2.05) is 26.0 Å². The van der Waals surface area contributed by atoms with Crippen molar-refractivity contribution in [1.82, 2.24) is 19.6 Å². The van der Waals surface area contributed by atoms with Crippen molar-refractivity contribution in [3.05, 3.63) is 59.2 Å². The lowest BCUT2D eigenvalue weighted by atomic mass is 9.92. The molecule has 6 nitrogen and oxygen atoms in total. The molecular weight excluding hydrogens is 393 g/mol. The van der Waals surface area contributed by atoms with Gasteiger partial charge in [-0.05, 0) is 68.4 Å². The number of rotatable bonds is 5. The van der Waals surface area contributed by atoms with Crippen molar-refractivity contribution in [3.63, 3.8) is 0 Å². The van der Waals surface area contributed by atoms with E-state index < -0.39 is 0 Å². The zero-order chi connectivity index (χ0) is 21.5. The Morgan fingerprint density at radius 3 is 2.84 bits per heavy atom. The Morgan fingerprint density at radius 2 is 2.00 bits per heavy atom. The molecule has 1 aliphatic heterocycles. The standard InChI is InChI=1S/C24H26FN5O/c1-3-17(31)13-12-16-7-4-10-20-18(16)8-6-14-29(20)23-22-19(25)9-5-11-21(22)30-15(2)27-28-24(30)26-23/h4-5,7,9-11,17,31H,3,6,8,12-14H2,1-2H3. The summed E-state index contributed by atoms with van der Waals surface area (Å²) >= 11 is 0. The normalized spacial score (nSPS) is 14.9. The third kappa shape index (κ3) is 3.33. The summed E-state index contributed by atoms with van der Waals surface area (Å²) in [5.41, 5.74) is 4.30. The number of hydrogen-bond donors (Lipinski definition) is 1. The topological polar surface area (TPSA) is 66.5 Å².